The highest BCUT2D eigenvalue weighted by molar-refractivity contribution is 8.16. The van der Waals surface area contributed by atoms with Crippen molar-refractivity contribution >= 4 is 28.8 Å². The Balaban J connectivity index is 1.69. The van der Waals surface area contributed by atoms with Gasteiger partial charge in [-0.05, 0) is 37.2 Å². The molecular weight excluding hydrogens is 426 g/mol. The number of carbonyl (C=O) groups excluding carboxylic acids is 2. The monoisotopic (exact) mass is 453 g/mol. The van der Waals surface area contributed by atoms with Crippen molar-refractivity contribution in [2.24, 2.45) is 10.9 Å². The van der Waals surface area contributed by atoms with E-state index in [9.17, 15) is 9.59 Å². The van der Waals surface area contributed by atoms with Gasteiger partial charge in [0.1, 0.15) is 12.4 Å². The molecule has 0 aromatic heterocycles. The number of carbonyl (C=O) groups is 2. The maximum absolute atomic E-state index is 13.1. The smallest absolute Gasteiger partial charge is 0.338 e. The standard InChI is InChI=1S/C24H27N3O4S/c1-4-11-31-23(29)21-15(2)26-24-27(22(21)18-7-5-6-8-19(18)30-3)17(14-32-24)12-20(28)25-13-16-9-10-16/h4-8,14,16,22H,1,9-13H2,2-3H3,(H,25,28). The number of fused-ring (bicyclic) bond motifs is 1. The van der Waals surface area contributed by atoms with E-state index in [1.54, 1.807) is 14.0 Å². The van der Waals surface area contributed by atoms with E-state index in [4.69, 9.17) is 9.47 Å². The van der Waals surface area contributed by atoms with Crippen LogP contribution < -0.4 is 10.1 Å². The summed E-state index contributed by atoms with van der Waals surface area (Å²) in [6, 6.07) is 7.05. The van der Waals surface area contributed by atoms with Gasteiger partial charge in [-0.25, -0.2) is 9.79 Å². The minimum atomic E-state index is -0.520. The first-order chi connectivity index (χ1) is 15.5. The lowest BCUT2D eigenvalue weighted by molar-refractivity contribution is -0.138. The normalized spacial score (nSPS) is 19.7. The summed E-state index contributed by atoms with van der Waals surface area (Å²) >= 11 is 1.45. The maximum atomic E-state index is 13.1. The quantitative estimate of drug-likeness (QED) is 0.451. The zero-order valence-electron chi connectivity index (χ0n) is 18.3. The number of hydrogen-bond acceptors (Lipinski definition) is 7. The SMILES string of the molecule is C=CCOC(=O)C1=C(C)N=C2SC=C(CC(=O)NCC3CC3)N2C1c1ccccc1OC. The van der Waals surface area contributed by atoms with Crippen molar-refractivity contribution in [1.82, 2.24) is 10.2 Å². The van der Waals surface area contributed by atoms with Crippen molar-refractivity contribution in [1.29, 1.82) is 0 Å². The number of methoxy groups -OCH3 is 1. The lowest BCUT2D eigenvalue weighted by Crippen LogP contribution is -2.38. The highest BCUT2D eigenvalue weighted by Gasteiger charge is 2.42. The van der Waals surface area contributed by atoms with Crippen LogP contribution in [0.1, 0.15) is 37.8 Å². The van der Waals surface area contributed by atoms with Gasteiger partial charge < -0.3 is 19.7 Å². The van der Waals surface area contributed by atoms with Crippen LogP contribution >= 0.6 is 11.8 Å². The summed E-state index contributed by atoms with van der Waals surface area (Å²) in [5.74, 6) is 0.757. The highest BCUT2D eigenvalue weighted by atomic mass is 32.2. The second kappa shape index (κ2) is 9.65. The van der Waals surface area contributed by atoms with Crippen molar-refractivity contribution in [2.45, 2.75) is 32.2 Å². The zero-order valence-corrected chi connectivity index (χ0v) is 19.1. The van der Waals surface area contributed by atoms with Crippen molar-refractivity contribution in [3.05, 3.63) is 64.9 Å². The summed E-state index contributed by atoms with van der Waals surface area (Å²) in [5.41, 5.74) is 2.60. The molecule has 1 atom stereocenters. The molecule has 0 spiro atoms. The third kappa shape index (κ3) is 4.60. The molecule has 1 fully saturated rings. The van der Waals surface area contributed by atoms with E-state index in [0.29, 0.717) is 29.5 Å². The molecule has 3 aliphatic rings. The number of nitrogens with zero attached hydrogens (tertiary/aromatic N) is 2. The van der Waals surface area contributed by atoms with E-state index in [1.807, 2.05) is 34.6 Å². The number of amidine groups is 1. The van der Waals surface area contributed by atoms with Crippen molar-refractivity contribution in [3.63, 3.8) is 0 Å². The molecule has 4 rings (SSSR count). The number of benzene rings is 1. The van der Waals surface area contributed by atoms with Gasteiger partial charge in [0.05, 0.1) is 30.8 Å². The van der Waals surface area contributed by atoms with Crippen molar-refractivity contribution in [2.75, 3.05) is 20.3 Å². The molecule has 1 aromatic carbocycles. The first kappa shape index (κ1) is 22.2. The molecule has 32 heavy (non-hydrogen) atoms. The van der Waals surface area contributed by atoms with Crippen LogP contribution in [-0.4, -0.2) is 42.2 Å². The number of hydrogen-bond donors (Lipinski definition) is 1. The largest absolute Gasteiger partial charge is 0.496 e. The van der Waals surface area contributed by atoms with E-state index in [1.165, 1.54) is 30.7 Å². The lowest BCUT2D eigenvalue weighted by Gasteiger charge is -2.36. The number of aliphatic imine (C=N–C) groups is 1. The fraction of sp³-hybridized carbons (Fsp3) is 0.375. The fourth-order valence-electron chi connectivity index (χ4n) is 3.84. The number of thioether (sulfide) groups is 1. The van der Waals surface area contributed by atoms with Gasteiger partial charge in [-0.2, -0.15) is 0 Å². The minimum Gasteiger partial charge on any atom is -0.496 e. The Kier molecular flexibility index (Phi) is 6.69. The molecule has 2 heterocycles. The minimum absolute atomic E-state index is 0.0363. The van der Waals surface area contributed by atoms with Gasteiger partial charge in [0.15, 0.2) is 5.17 Å². The summed E-state index contributed by atoms with van der Waals surface area (Å²) in [4.78, 5) is 32.3. The molecule has 0 bridgehead atoms. The van der Waals surface area contributed by atoms with Crippen LogP contribution in [0.25, 0.3) is 0 Å². The predicted molar refractivity (Wildman–Crippen MR) is 125 cm³/mol. The molecule has 1 N–H and O–H groups in total. The van der Waals surface area contributed by atoms with Gasteiger partial charge in [0, 0.05) is 17.8 Å². The van der Waals surface area contributed by atoms with Crippen LogP contribution in [0.3, 0.4) is 0 Å². The molecule has 1 saturated carbocycles. The van der Waals surface area contributed by atoms with Gasteiger partial charge in [-0.3, -0.25) is 4.79 Å². The van der Waals surface area contributed by atoms with E-state index in [-0.39, 0.29) is 18.9 Å². The molecule has 1 unspecified atom stereocenters. The Morgan fingerprint density at radius 2 is 2.12 bits per heavy atom. The number of allylic oxidation sites excluding steroid dienone is 1. The molecule has 8 heteroatoms. The van der Waals surface area contributed by atoms with E-state index < -0.39 is 12.0 Å². The number of para-hydroxylation sites is 1. The summed E-state index contributed by atoms with van der Waals surface area (Å²) in [7, 11) is 1.60. The Morgan fingerprint density at radius 3 is 2.84 bits per heavy atom. The first-order valence-corrected chi connectivity index (χ1v) is 11.5. The molecule has 1 amide bonds. The Labute approximate surface area is 192 Å². The van der Waals surface area contributed by atoms with E-state index >= 15 is 0 Å². The molecule has 1 aliphatic carbocycles. The molecular formula is C24H27N3O4S. The Bertz CT molecular complexity index is 1030. The molecule has 1 aromatic rings. The summed E-state index contributed by atoms with van der Waals surface area (Å²) in [6.07, 6.45) is 4.10. The number of amides is 1. The van der Waals surface area contributed by atoms with Crippen LogP contribution in [0.15, 0.2) is 64.3 Å². The third-order valence-corrected chi connectivity index (χ3v) is 6.50. The third-order valence-electron chi connectivity index (χ3n) is 5.61. The second-order valence-corrected chi connectivity index (χ2v) is 8.78. The van der Waals surface area contributed by atoms with Crippen molar-refractivity contribution in [3.8, 4) is 5.75 Å². The lowest BCUT2D eigenvalue weighted by atomic mass is 9.93. The van der Waals surface area contributed by atoms with Crippen LogP contribution in [0, 0.1) is 5.92 Å². The van der Waals surface area contributed by atoms with Crippen LogP contribution in [0.5, 0.6) is 5.75 Å². The number of rotatable bonds is 9. The molecule has 0 radical (unpaired) electrons. The second-order valence-electron chi connectivity index (χ2n) is 7.95. The van der Waals surface area contributed by atoms with Crippen LogP contribution in [0.2, 0.25) is 0 Å². The fourth-order valence-corrected chi connectivity index (χ4v) is 4.80. The van der Waals surface area contributed by atoms with Gasteiger partial charge in [-0.1, -0.05) is 42.6 Å². The van der Waals surface area contributed by atoms with Gasteiger partial charge >= 0.3 is 5.97 Å². The molecule has 0 saturated heterocycles. The summed E-state index contributed by atoms with van der Waals surface area (Å²) in [5, 5.41) is 5.68. The Morgan fingerprint density at radius 1 is 1.34 bits per heavy atom. The Hall–Kier alpha value is -3.00. The molecule has 168 valence electrons. The van der Waals surface area contributed by atoms with Crippen LogP contribution in [0.4, 0.5) is 0 Å². The number of ether oxygens (including phenoxy) is 2. The average Bonchev–Trinajstić information content (AvgIpc) is 3.55. The molecule has 2 aliphatic heterocycles. The van der Waals surface area contributed by atoms with Gasteiger partial charge in [0.25, 0.3) is 0 Å². The molecule has 7 nitrogen and oxygen atoms in total. The predicted octanol–water partition coefficient (Wildman–Crippen LogP) is 3.92. The first-order valence-electron chi connectivity index (χ1n) is 10.7. The zero-order chi connectivity index (χ0) is 22.7. The summed E-state index contributed by atoms with van der Waals surface area (Å²) in [6.45, 7) is 6.25. The summed E-state index contributed by atoms with van der Waals surface area (Å²) < 4.78 is 11.0. The number of esters is 1. The average molecular weight is 454 g/mol. The van der Waals surface area contributed by atoms with Crippen LogP contribution in [-0.2, 0) is 14.3 Å². The highest BCUT2D eigenvalue weighted by Crippen LogP contribution is 2.46. The van der Waals surface area contributed by atoms with Gasteiger partial charge in [-0.15, -0.1) is 0 Å². The van der Waals surface area contributed by atoms with Gasteiger partial charge in [0.2, 0.25) is 5.91 Å². The maximum Gasteiger partial charge on any atom is 0.338 e. The number of nitrogens with one attached hydrogen (secondary N) is 1. The topological polar surface area (TPSA) is 80.2 Å². The van der Waals surface area contributed by atoms with Crippen molar-refractivity contribution < 1.29 is 19.1 Å². The van der Waals surface area contributed by atoms with E-state index in [2.05, 4.69) is 16.9 Å². The van der Waals surface area contributed by atoms with E-state index in [0.717, 1.165) is 16.4 Å².